The van der Waals surface area contributed by atoms with Gasteiger partial charge < -0.3 is 5.32 Å². The van der Waals surface area contributed by atoms with E-state index in [0.29, 0.717) is 0 Å². The molecule has 0 saturated carbocycles. The molecule has 0 fully saturated rings. The number of nitrogens with zero attached hydrogens (tertiary/aromatic N) is 1. The van der Waals surface area contributed by atoms with E-state index in [2.05, 4.69) is 10.3 Å². The summed E-state index contributed by atoms with van der Waals surface area (Å²) in [6.07, 6.45) is 0. The van der Waals surface area contributed by atoms with Crippen molar-refractivity contribution in [2.45, 2.75) is 13.0 Å². The van der Waals surface area contributed by atoms with Crippen molar-refractivity contribution in [3.63, 3.8) is 0 Å². The fourth-order valence-electron chi connectivity index (χ4n) is 1.44. The molecule has 18 heavy (non-hydrogen) atoms. The molecule has 1 atom stereocenters. The van der Waals surface area contributed by atoms with Crippen molar-refractivity contribution in [1.29, 1.82) is 0 Å². The zero-order valence-electron chi connectivity index (χ0n) is 9.18. The van der Waals surface area contributed by atoms with Gasteiger partial charge in [0.05, 0.1) is 6.04 Å². The molecule has 2 heterocycles. The number of hydrogen-bond acceptors (Lipinski definition) is 3. The predicted octanol–water partition coefficient (Wildman–Crippen LogP) is 3.87. The first-order valence-electron chi connectivity index (χ1n) is 5.00. The van der Waals surface area contributed by atoms with Crippen LogP contribution in [0.1, 0.15) is 17.8 Å². The van der Waals surface area contributed by atoms with Crippen LogP contribution in [0, 0.1) is 23.5 Å². The van der Waals surface area contributed by atoms with Gasteiger partial charge in [-0.05, 0) is 18.4 Å². The Bertz CT molecular complexity index is 530. The Morgan fingerprint density at radius 1 is 1.17 bits per heavy atom. The second-order valence-corrected chi connectivity index (χ2v) is 4.56. The largest absolute Gasteiger partial charge is 0.373 e. The molecule has 2 aromatic rings. The molecule has 0 bridgehead atoms. The van der Waals surface area contributed by atoms with Crippen LogP contribution in [0.25, 0.3) is 0 Å². The summed E-state index contributed by atoms with van der Waals surface area (Å²) in [5.74, 6) is -6.40. The monoisotopic (exact) mass is 276 g/mol. The minimum absolute atomic E-state index is 0.477. The van der Waals surface area contributed by atoms with Crippen molar-refractivity contribution < 1.29 is 17.6 Å². The quantitative estimate of drug-likeness (QED) is 0.680. The highest BCUT2D eigenvalue weighted by Gasteiger charge is 2.22. The van der Waals surface area contributed by atoms with Gasteiger partial charge in [0.25, 0.3) is 11.9 Å². The SMILES string of the molecule is CC(Nc1c(F)c(F)nc(F)c1F)c1cccs1. The maximum atomic E-state index is 13.3. The van der Waals surface area contributed by atoms with Crippen LogP contribution < -0.4 is 5.32 Å². The Hall–Kier alpha value is -1.63. The van der Waals surface area contributed by atoms with E-state index in [1.165, 1.54) is 11.3 Å². The number of thiophene rings is 1. The minimum atomic E-state index is -1.67. The Morgan fingerprint density at radius 2 is 1.78 bits per heavy atom. The standard InChI is InChI=1S/C11H8F4N2S/c1-5(6-3-2-4-18-6)16-9-7(12)10(14)17-11(15)8(9)13/h2-5H,1H3,(H,16,17). The Kier molecular flexibility index (Phi) is 3.51. The number of pyridine rings is 1. The van der Waals surface area contributed by atoms with Crippen LogP contribution in [0.15, 0.2) is 17.5 Å². The van der Waals surface area contributed by atoms with Gasteiger partial charge in [0.15, 0.2) is 0 Å². The first kappa shape index (κ1) is 12.8. The van der Waals surface area contributed by atoms with Crippen LogP contribution >= 0.6 is 11.3 Å². The molecule has 0 aromatic carbocycles. The molecular formula is C11H8F4N2S. The number of anilines is 1. The molecule has 0 aliphatic rings. The maximum Gasteiger partial charge on any atom is 0.253 e. The van der Waals surface area contributed by atoms with Crippen LogP contribution in [-0.2, 0) is 0 Å². The van der Waals surface area contributed by atoms with Gasteiger partial charge in [-0.15, -0.1) is 11.3 Å². The van der Waals surface area contributed by atoms with Gasteiger partial charge in [-0.1, -0.05) is 6.07 Å². The minimum Gasteiger partial charge on any atom is -0.373 e. The number of aromatic nitrogens is 1. The van der Waals surface area contributed by atoms with E-state index in [-0.39, 0.29) is 0 Å². The Labute approximate surface area is 104 Å². The third kappa shape index (κ3) is 2.31. The highest BCUT2D eigenvalue weighted by Crippen LogP contribution is 2.28. The molecule has 0 saturated heterocycles. The maximum absolute atomic E-state index is 13.3. The number of nitrogens with one attached hydrogen (secondary N) is 1. The molecule has 96 valence electrons. The lowest BCUT2D eigenvalue weighted by atomic mass is 10.2. The molecule has 2 aromatic heterocycles. The highest BCUT2D eigenvalue weighted by molar-refractivity contribution is 7.10. The van der Waals surface area contributed by atoms with Crippen molar-refractivity contribution in [2.24, 2.45) is 0 Å². The zero-order valence-corrected chi connectivity index (χ0v) is 9.99. The first-order chi connectivity index (χ1) is 8.50. The second kappa shape index (κ2) is 4.93. The number of halogens is 4. The molecule has 1 N–H and O–H groups in total. The van der Waals surface area contributed by atoms with Crippen LogP contribution in [0.2, 0.25) is 0 Å². The predicted molar refractivity (Wildman–Crippen MR) is 60.4 cm³/mol. The molecule has 1 unspecified atom stereocenters. The van der Waals surface area contributed by atoms with E-state index in [9.17, 15) is 17.6 Å². The van der Waals surface area contributed by atoms with Crippen molar-refractivity contribution in [1.82, 2.24) is 4.98 Å². The van der Waals surface area contributed by atoms with E-state index in [1.54, 1.807) is 24.4 Å². The molecule has 0 radical (unpaired) electrons. The zero-order chi connectivity index (χ0) is 13.3. The smallest absolute Gasteiger partial charge is 0.253 e. The van der Waals surface area contributed by atoms with Crippen LogP contribution in [0.4, 0.5) is 23.2 Å². The number of rotatable bonds is 3. The van der Waals surface area contributed by atoms with E-state index < -0.39 is 35.3 Å². The van der Waals surface area contributed by atoms with Gasteiger partial charge in [0.2, 0.25) is 11.6 Å². The van der Waals surface area contributed by atoms with E-state index >= 15 is 0 Å². The summed E-state index contributed by atoms with van der Waals surface area (Å²) in [6, 6.07) is 3.03. The average molecular weight is 276 g/mol. The molecule has 7 heteroatoms. The first-order valence-corrected chi connectivity index (χ1v) is 5.88. The van der Waals surface area contributed by atoms with Gasteiger partial charge in [0, 0.05) is 4.88 Å². The third-order valence-corrected chi connectivity index (χ3v) is 3.38. The summed E-state index contributed by atoms with van der Waals surface area (Å²) in [6.45, 7) is 1.63. The highest BCUT2D eigenvalue weighted by atomic mass is 32.1. The summed E-state index contributed by atoms with van der Waals surface area (Å²) >= 11 is 1.36. The molecule has 0 spiro atoms. The van der Waals surface area contributed by atoms with Gasteiger partial charge in [-0.2, -0.15) is 22.5 Å². The van der Waals surface area contributed by atoms with Crippen LogP contribution in [0.3, 0.4) is 0 Å². The summed E-state index contributed by atoms with van der Waals surface area (Å²) < 4.78 is 52.4. The van der Waals surface area contributed by atoms with Gasteiger partial charge in [-0.25, -0.2) is 0 Å². The second-order valence-electron chi connectivity index (χ2n) is 3.58. The van der Waals surface area contributed by atoms with Gasteiger partial charge >= 0.3 is 0 Å². The topological polar surface area (TPSA) is 24.9 Å². The normalized spacial score (nSPS) is 12.5. The van der Waals surface area contributed by atoms with Gasteiger partial charge in [0.1, 0.15) is 5.69 Å². The summed E-state index contributed by atoms with van der Waals surface area (Å²) in [7, 11) is 0. The molecule has 0 aliphatic carbocycles. The van der Waals surface area contributed by atoms with E-state index in [1.807, 2.05) is 0 Å². The van der Waals surface area contributed by atoms with Crippen molar-refractivity contribution in [2.75, 3.05) is 5.32 Å². The van der Waals surface area contributed by atoms with Crippen LogP contribution in [0.5, 0.6) is 0 Å². The lowest BCUT2D eigenvalue weighted by Gasteiger charge is -2.15. The fourth-order valence-corrected chi connectivity index (χ4v) is 2.17. The van der Waals surface area contributed by atoms with E-state index in [0.717, 1.165) is 4.88 Å². The van der Waals surface area contributed by atoms with Crippen molar-refractivity contribution >= 4 is 17.0 Å². The van der Waals surface area contributed by atoms with Crippen molar-refractivity contribution in [3.05, 3.63) is 45.9 Å². The molecule has 2 rings (SSSR count). The fraction of sp³-hybridized carbons (Fsp3) is 0.182. The lowest BCUT2D eigenvalue weighted by molar-refractivity contribution is 0.410. The molecule has 0 amide bonds. The molecular weight excluding hydrogens is 268 g/mol. The van der Waals surface area contributed by atoms with E-state index in [4.69, 9.17) is 0 Å². The van der Waals surface area contributed by atoms with Gasteiger partial charge in [-0.3, -0.25) is 0 Å². The van der Waals surface area contributed by atoms with Crippen molar-refractivity contribution in [3.8, 4) is 0 Å². The lowest BCUT2D eigenvalue weighted by Crippen LogP contribution is -2.12. The molecule has 0 aliphatic heterocycles. The Balaban J connectivity index is 2.34. The third-order valence-electron chi connectivity index (χ3n) is 2.33. The summed E-state index contributed by atoms with van der Waals surface area (Å²) in [5, 5.41) is 4.19. The van der Waals surface area contributed by atoms with Crippen LogP contribution in [-0.4, -0.2) is 4.98 Å². The Morgan fingerprint density at radius 3 is 2.28 bits per heavy atom. The average Bonchev–Trinajstić information content (AvgIpc) is 2.85. The molecule has 2 nitrogen and oxygen atoms in total. The summed E-state index contributed by atoms with van der Waals surface area (Å²) in [4.78, 5) is 3.27. The number of hydrogen-bond donors (Lipinski definition) is 1. The summed E-state index contributed by atoms with van der Waals surface area (Å²) in [5.41, 5.74) is -0.846.